The van der Waals surface area contributed by atoms with Gasteiger partial charge in [-0.05, 0) is 12.1 Å². The van der Waals surface area contributed by atoms with Crippen LogP contribution in [-0.4, -0.2) is 44.5 Å². The van der Waals surface area contributed by atoms with Gasteiger partial charge in [-0.25, -0.2) is 4.98 Å². The van der Waals surface area contributed by atoms with Crippen LogP contribution in [0, 0.1) is 0 Å². The molecule has 0 saturated heterocycles. The Labute approximate surface area is 102 Å². The molecule has 0 aliphatic carbocycles. The van der Waals surface area contributed by atoms with E-state index in [-0.39, 0.29) is 33.0 Å². The van der Waals surface area contributed by atoms with Gasteiger partial charge in [0.2, 0.25) is 5.88 Å². The van der Waals surface area contributed by atoms with Gasteiger partial charge in [0.15, 0.2) is 0 Å². The van der Waals surface area contributed by atoms with Crippen molar-refractivity contribution in [3.63, 3.8) is 0 Å². The quantitative estimate of drug-likeness (QED) is 0.762. The molecule has 0 amide bonds. The van der Waals surface area contributed by atoms with Crippen molar-refractivity contribution in [2.24, 2.45) is 0 Å². The normalized spacial score (nSPS) is 9.50. The third-order valence-electron chi connectivity index (χ3n) is 1.88. The summed E-state index contributed by atoms with van der Waals surface area (Å²) in [6.45, 7) is 0. The molecule has 3 nitrogen and oxygen atoms in total. The maximum absolute atomic E-state index is 9.47. The van der Waals surface area contributed by atoms with Crippen molar-refractivity contribution in [2.45, 2.75) is 0 Å². The summed E-state index contributed by atoms with van der Waals surface area (Å²) in [6, 6.07) is 8.91. The van der Waals surface area contributed by atoms with Crippen molar-refractivity contribution in [1.29, 1.82) is 0 Å². The van der Waals surface area contributed by atoms with Gasteiger partial charge in [-0.15, -0.1) is 0 Å². The van der Waals surface area contributed by atoms with Gasteiger partial charge in [0.05, 0.1) is 7.11 Å². The van der Waals surface area contributed by atoms with Crippen molar-refractivity contribution >= 4 is 38.2 Å². The molecule has 1 heterocycles. The first kappa shape index (κ1) is 11.2. The summed E-state index contributed by atoms with van der Waals surface area (Å²) in [4.78, 5) is 4.12. The van der Waals surface area contributed by atoms with E-state index in [0.29, 0.717) is 11.4 Å². The van der Waals surface area contributed by atoms with Gasteiger partial charge < -0.3 is 9.84 Å². The molecule has 0 aliphatic heterocycles. The molecule has 1 aromatic heterocycles. The van der Waals surface area contributed by atoms with E-state index in [9.17, 15) is 5.11 Å². The van der Waals surface area contributed by atoms with Gasteiger partial charge >= 0.3 is 0 Å². The van der Waals surface area contributed by atoms with Gasteiger partial charge in [-0.1, -0.05) is 12.1 Å². The second kappa shape index (κ2) is 4.59. The van der Waals surface area contributed by atoms with E-state index in [1.54, 1.807) is 25.3 Å². The molecule has 4 heteroatoms. The summed E-state index contributed by atoms with van der Waals surface area (Å²) < 4.78 is 4.96. The third kappa shape index (κ3) is 1.97. The van der Waals surface area contributed by atoms with Crippen molar-refractivity contribution in [2.75, 3.05) is 7.11 Å². The van der Waals surface area contributed by atoms with E-state index in [1.807, 2.05) is 12.1 Å². The Morgan fingerprint density at radius 1 is 1.21 bits per heavy atom. The number of ether oxygens (including phenoxy) is 1. The van der Waals surface area contributed by atoms with E-state index in [1.165, 1.54) is 0 Å². The number of phenolic OH excluding ortho intramolecular Hbond substituents is 1. The van der Waals surface area contributed by atoms with Crippen LogP contribution in [0.25, 0.3) is 10.9 Å². The zero-order chi connectivity index (χ0) is 9.26. The number of rotatable bonds is 1. The molecule has 1 N–H and O–H groups in total. The summed E-state index contributed by atoms with van der Waals surface area (Å²) in [6.07, 6.45) is 0. The summed E-state index contributed by atoms with van der Waals surface area (Å²) in [7, 11) is 1.55. The Bertz CT molecular complexity index is 445. The zero-order valence-electron chi connectivity index (χ0n) is 7.69. The first-order valence-electron chi connectivity index (χ1n) is 3.94. The number of nitrogens with zero attached hydrogens (tertiary/aromatic N) is 1. The molecular weight excluding hydrogens is 373 g/mol. The molecule has 0 spiro atoms. The summed E-state index contributed by atoms with van der Waals surface area (Å²) >= 11 is 0. The molecule has 0 saturated carbocycles. The minimum Gasteiger partial charge on any atom is -0.506 e. The summed E-state index contributed by atoms with van der Waals surface area (Å²) in [5.41, 5.74) is 0.571. The van der Waals surface area contributed by atoms with E-state index >= 15 is 0 Å². The molecular formula is C10H9NO2Pb. The molecule has 70 valence electrons. The number of pyridine rings is 1. The van der Waals surface area contributed by atoms with E-state index in [4.69, 9.17) is 4.74 Å². The fourth-order valence-corrected chi connectivity index (χ4v) is 1.23. The third-order valence-corrected chi connectivity index (χ3v) is 1.88. The van der Waals surface area contributed by atoms with E-state index in [0.717, 1.165) is 5.39 Å². The summed E-state index contributed by atoms with van der Waals surface area (Å²) in [5.74, 6) is 0.686. The zero-order valence-corrected chi connectivity index (χ0v) is 11.6. The number of para-hydroxylation sites is 1. The fourth-order valence-electron chi connectivity index (χ4n) is 1.23. The number of benzene rings is 1. The van der Waals surface area contributed by atoms with Crippen LogP contribution >= 0.6 is 0 Å². The van der Waals surface area contributed by atoms with Crippen LogP contribution in [0.1, 0.15) is 0 Å². The minimum atomic E-state index is 0. The Morgan fingerprint density at radius 2 is 2.00 bits per heavy atom. The van der Waals surface area contributed by atoms with Crippen LogP contribution in [0.15, 0.2) is 30.3 Å². The van der Waals surface area contributed by atoms with Gasteiger partial charge in [0.25, 0.3) is 0 Å². The summed E-state index contributed by atoms with van der Waals surface area (Å²) in [5, 5.41) is 10.4. The number of fused-ring (bicyclic) bond motifs is 1. The van der Waals surface area contributed by atoms with Crippen molar-refractivity contribution in [3.8, 4) is 11.6 Å². The molecule has 2 aromatic rings. The maximum Gasteiger partial charge on any atom is 0.213 e. The predicted molar refractivity (Wildman–Crippen MR) is 55.7 cm³/mol. The molecule has 0 unspecified atom stereocenters. The maximum atomic E-state index is 9.47. The average molecular weight is 382 g/mol. The second-order valence-corrected chi connectivity index (χ2v) is 2.70. The van der Waals surface area contributed by atoms with Crippen molar-refractivity contribution in [1.82, 2.24) is 4.98 Å². The average Bonchev–Trinajstić information content (AvgIpc) is 2.18. The minimum absolute atomic E-state index is 0. The fraction of sp³-hybridized carbons (Fsp3) is 0.100. The molecule has 0 fully saturated rings. The number of hydrogen-bond acceptors (Lipinski definition) is 3. The molecule has 1 aromatic carbocycles. The number of methoxy groups -OCH3 is 1. The van der Waals surface area contributed by atoms with Gasteiger partial charge in [0.1, 0.15) is 11.3 Å². The van der Waals surface area contributed by atoms with Crippen LogP contribution < -0.4 is 4.74 Å². The smallest absolute Gasteiger partial charge is 0.213 e. The second-order valence-electron chi connectivity index (χ2n) is 2.70. The Balaban J connectivity index is 0.000000980. The predicted octanol–water partition coefficient (Wildman–Crippen LogP) is 1.57. The first-order valence-corrected chi connectivity index (χ1v) is 3.94. The van der Waals surface area contributed by atoms with Crippen molar-refractivity contribution < 1.29 is 9.84 Å². The van der Waals surface area contributed by atoms with Crippen LogP contribution in [-0.2, 0) is 0 Å². The van der Waals surface area contributed by atoms with E-state index < -0.39 is 0 Å². The molecule has 2 rings (SSSR count). The number of aromatic nitrogens is 1. The molecule has 4 radical (unpaired) electrons. The Morgan fingerprint density at radius 3 is 2.71 bits per heavy atom. The van der Waals surface area contributed by atoms with Gasteiger partial charge in [-0.2, -0.15) is 0 Å². The number of aromatic hydroxyl groups is 1. The number of hydrogen-bond donors (Lipinski definition) is 1. The van der Waals surface area contributed by atoms with Crippen molar-refractivity contribution in [3.05, 3.63) is 30.3 Å². The number of phenols is 1. The topological polar surface area (TPSA) is 42.4 Å². The van der Waals surface area contributed by atoms with Crippen LogP contribution in [0.5, 0.6) is 11.6 Å². The van der Waals surface area contributed by atoms with Gasteiger partial charge in [0, 0.05) is 38.8 Å². The van der Waals surface area contributed by atoms with Crippen LogP contribution in [0.2, 0.25) is 0 Å². The van der Waals surface area contributed by atoms with Crippen LogP contribution in [0.3, 0.4) is 0 Å². The van der Waals surface area contributed by atoms with E-state index in [2.05, 4.69) is 4.98 Å². The molecule has 0 aliphatic rings. The SMILES string of the molecule is COc1ccc2cccc(O)c2n1.[Pb]. The Kier molecular flexibility index (Phi) is 3.68. The Hall–Kier alpha value is -0.848. The molecule has 0 atom stereocenters. The van der Waals surface area contributed by atoms with Crippen LogP contribution in [0.4, 0.5) is 0 Å². The largest absolute Gasteiger partial charge is 0.506 e. The van der Waals surface area contributed by atoms with Gasteiger partial charge in [-0.3, -0.25) is 0 Å². The first-order chi connectivity index (χ1) is 6.31. The molecule has 0 bridgehead atoms. The monoisotopic (exact) mass is 383 g/mol. The standard InChI is InChI=1S/C10H9NO2.Pb/c1-13-9-6-5-7-3-2-4-8(12)10(7)11-9;/h2-6,12H,1H3;. The molecule has 14 heavy (non-hydrogen) atoms.